The van der Waals surface area contributed by atoms with Crippen LogP contribution in [0.1, 0.15) is 36.5 Å². The van der Waals surface area contributed by atoms with E-state index in [0.717, 1.165) is 39.7 Å². The first-order valence-corrected chi connectivity index (χ1v) is 10.2. The monoisotopic (exact) mass is 423 g/mol. The SMILES string of the molecule is CO/N=C1\c2ccc3c(c2O[C@@H]2COc4cc(OC)c(OC)cc4[C@H]12)C=CC(C)(C)O3. The first-order valence-electron chi connectivity index (χ1n) is 10.2. The third-order valence-corrected chi connectivity index (χ3v) is 5.84. The highest BCUT2D eigenvalue weighted by Gasteiger charge is 2.44. The molecule has 7 heteroatoms. The summed E-state index contributed by atoms with van der Waals surface area (Å²) in [5.41, 5.74) is 3.10. The Morgan fingerprint density at radius 2 is 1.81 bits per heavy atom. The lowest BCUT2D eigenvalue weighted by Crippen LogP contribution is -2.43. The van der Waals surface area contributed by atoms with E-state index in [1.54, 1.807) is 21.3 Å². The molecule has 0 saturated carbocycles. The van der Waals surface area contributed by atoms with Crippen molar-refractivity contribution in [3.8, 4) is 28.7 Å². The van der Waals surface area contributed by atoms with Gasteiger partial charge >= 0.3 is 0 Å². The highest BCUT2D eigenvalue weighted by Crippen LogP contribution is 2.49. The Bertz CT molecular complexity index is 1100. The van der Waals surface area contributed by atoms with Gasteiger partial charge in [0.05, 0.1) is 25.7 Å². The van der Waals surface area contributed by atoms with Crippen LogP contribution in [0.2, 0.25) is 0 Å². The minimum Gasteiger partial charge on any atom is -0.493 e. The highest BCUT2D eigenvalue weighted by molar-refractivity contribution is 6.09. The lowest BCUT2D eigenvalue weighted by atomic mass is 9.80. The molecular formula is C24H25NO6. The van der Waals surface area contributed by atoms with Crippen LogP contribution in [0.25, 0.3) is 6.08 Å². The molecule has 0 aliphatic carbocycles. The molecule has 31 heavy (non-hydrogen) atoms. The fourth-order valence-electron chi connectivity index (χ4n) is 4.42. The van der Waals surface area contributed by atoms with Crippen LogP contribution in [-0.4, -0.2) is 45.4 Å². The Balaban J connectivity index is 1.67. The summed E-state index contributed by atoms with van der Waals surface area (Å²) in [5.74, 6) is 3.29. The fraction of sp³-hybridized carbons (Fsp3) is 0.375. The summed E-state index contributed by atoms with van der Waals surface area (Å²) in [6, 6.07) is 7.71. The maximum absolute atomic E-state index is 6.50. The summed E-state index contributed by atoms with van der Waals surface area (Å²) >= 11 is 0. The Labute approximate surface area is 181 Å². The molecule has 162 valence electrons. The number of hydrogen-bond donors (Lipinski definition) is 0. The van der Waals surface area contributed by atoms with Gasteiger partial charge in [-0.15, -0.1) is 0 Å². The van der Waals surface area contributed by atoms with E-state index in [1.807, 2.05) is 50.3 Å². The molecule has 3 aliphatic rings. The van der Waals surface area contributed by atoms with Crippen LogP contribution < -0.4 is 23.7 Å². The van der Waals surface area contributed by atoms with Crippen molar-refractivity contribution in [1.29, 1.82) is 0 Å². The zero-order valence-corrected chi connectivity index (χ0v) is 18.2. The molecule has 0 radical (unpaired) electrons. The maximum atomic E-state index is 6.50. The molecule has 2 aromatic carbocycles. The quantitative estimate of drug-likeness (QED) is 0.690. The summed E-state index contributed by atoms with van der Waals surface area (Å²) in [7, 11) is 4.77. The Hall–Kier alpha value is -3.35. The minimum atomic E-state index is -0.371. The molecule has 3 aliphatic heterocycles. The molecule has 5 rings (SSSR count). The van der Waals surface area contributed by atoms with Gasteiger partial charge in [0.2, 0.25) is 0 Å². The van der Waals surface area contributed by atoms with Crippen molar-refractivity contribution >= 4 is 11.8 Å². The smallest absolute Gasteiger partial charge is 0.164 e. The van der Waals surface area contributed by atoms with Gasteiger partial charge in [-0.2, -0.15) is 0 Å². The van der Waals surface area contributed by atoms with Crippen molar-refractivity contribution in [2.24, 2.45) is 5.16 Å². The van der Waals surface area contributed by atoms with Crippen LogP contribution in [0.15, 0.2) is 35.5 Å². The van der Waals surface area contributed by atoms with Crippen LogP contribution in [0, 0.1) is 0 Å². The molecule has 0 bridgehead atoms. The molecule has 0 amide bonds. The van der Waals surface area contributed by atoms with Gasteiger partial charge in [0.25, 0.3) is 0 Å². The summed E-state index contributed by atoms with van der Waals surface area (Å²) < 4.78 is 29.6. The van der Waals surface area contributed by atoms with Crippen LogP contribution in [-0.2, 0) is 4.84 Å². The van der Waals surface area contributed by atoms with Crippen molar-refractivity contribution < 1.29 is 28.5 Å². The average Bonchev–Trinajstić information content (AvgIpc) is 2.76. The van der Waals surface area contributed by atoms with E-state index in [-0.39, 0.29) is 17.6 Å². The largest absolute Gasteiger partial charge is 0.493 e. The second-order valence-electron chi connectivity index (χ2n) is 8.24. The van der Waals surface area contributed by atoms with Crippen molar-refractivity contribution in [2.75, 3.05) is 27.9 Å². The zero-order valence-electron chi connectivity index (χ0n) is 18.2. The van der Waals surface area contributed by atoms with Gasteiger partial charge in [0.15, 0.2) is 11.5 Å². The molecule has 0 saturated heterocycles. The number of oxime groups is 1. The minimum absolute atomic E-state index is 0.181. The summed E-state index contributed by atoms with van der Waals surface area (Å²) in [5, 5.41) is 4.43. The Morgan fingerprint density at radius 1 is 1.03 bits per heavy atom. The van der Waals surface area contributed by atoms with Crippen molar-refractivity contribution in [3.63, 3.8) is 0 Å². The summed E-state index contributed by atoms with van der Waals surface area (Å²) in [6.45, 7) is 4.41. The molecule has 0 unspecified atom stereocenters. The number of ether oxygens (including phenoxy) is 5. The van der Waals surface area contributed by atoms with Gasteiger partial charge in [-0.3, -0.25) is 0 Å². The lowest BCUT2D eigenvalue weighted by molar-refractivity contribution is 0.0941. The van der Waals surface area contributed by atoms with Gasteiger partial charge in [-0.1, -0.05) is 5.16 Å². The zero-order chi connectivity index (χ0) is 21.8. The van der Waals surface area contributed by atoms with Gasteiger partial charge in [-0.05, 0) is 44.2 Å². The second-order valence-corrected chi connectivity index (χ2v) is 8.24. The van der Waals surface area contributed by atoms with Crippen molar-refractivity contribution in [3.05, 3.63) is 47.0 Å². The van der Waals surface area contributed by atoms with Crippen molar-refractivity contribution in [1.82, 2.24) is 0 Å². The molecule has 0 aromatic heterocycles. The van der Waals surface area contributed by atoms with E-state index >= 15 is 0 Å². The predicted molar refractivity (Wildman–Crippen MR) is 116 cm³/mol. The maximum Gasteiger partial charge on any atom is 0.164 e. The normalized spacial score (nSPS) is 23.2. The van der Waals surface area contributed by atoms with Crippen LogP contribution >= 0.6 is 0 Å². The van der Waals surface area contributed by atoms with Crippen molar-refractivity contribution in [2.45, 2.75) is 31.5 Å². The van der Waals surface area contributed by atoms with Gasteiger partial charge in [0, 0.05) is 17.2 Å². The van der Waals surface area contributed by atoms with Gasteiger partial charge < -0.3 is 28.5 Å². The number of nitrogens with zero attached hydrogens (tertiary/aromatic N) is 1. The summed E-state index contributed by atoms with van der Waals surface area (Å²) in [6.07, 6.45) is 3.80. The van der Waals surface area contributed by atoms with E-state index in [0.29, 0.717) is 18.1 Å². The standard InChI is InChI=1S/C24H25NO6/c1-24(2)9-8-13-16(31-24)7-6-14-22(25-28-5)21-15-10-18(26-3)19(27-4)11-17(15)29-12-20(21)30-23(13)14/h6-11,20-21H,12H2,1-5H3/b25-22+/t20-,21+/m1/s1. The lowest BCUT2D eigenvalue weighted by Gasteiger charge is -2.40. The topological polar surface area (TPSA) is 67.7 Å². The Morgan fingerprint density at radius 3 is 2.55 bits per heavy atom. The third-order valence-electron chi connectivity index (χ3n) is 5.84. The molecule has 0 spiro atoms. The van der Waals surface area contributed by atoms with E-state index in [4.69, 9.17) is 28.5 Å². The molecule has 3 heterocycles. The number of methoxy groups -OCH3 is 2. The van der Waals surface area contributed by atoms with Crippen LogP contribution in [0.4, 0.5) is 0 Å². The highest BCUT2D eigenvalue weighted by atomic mass is 16.6. The Kier molecular flexibility index (Phi) is 4.50. The molecule has 2 atom stereocenters. The molecule has 0 fully saturated rings. The number of benzene rings is 2. The molecule has 7 nitrogen and oxygen atoms in total. The summed E-state index contributed by atoms with van der Waals surface area (Å²) in [4.78, 5) is 5.27. The van der Waals surface area contributed by atoms with Gasteiger partial charge in [0.1, 0.15) is 48.4 Å². The van der Waals surface area contributed by atoms with E-state index in [1.165, 1.54) is 0 Å². The van der Waals surface area contributed by atoms with E-state index in [9.17, 15) is 0 Å². The molecule has 2 aromatic rings. The van der Waals surface area contributed by atoms with E-state index in [2.05, 4.69) is 5.16 Å². The molecule has 0 N–H and O–H groups in total. The predicted octanol–water partition coefficient (Wildman–Crippen LogP) is 4.18. The average molecular weight is 423 g/mol. The van der Waals surface area contributed by atoms with E-state index < -0.39 is 0 Å². The number of hydrogen-bond acceptors (Lipinski definition) is 7. The first kappa shape index (κ1) is 19.6. The third kappa shape index (κ3) is 3.07. The number of rotatable bonds is 3. The van der Waals surface area contributed by atoms with Crippen LogP contribution in [0.3, 0.4) is 0 Å². The van der Waals surface area contributed by atoms with Crippen LogP contribution in [0.5, 0.6) is 28.7 Å². The van der Waals surface area contributed by atoms with Gasteiger partial charge in [-0.25, -0.2) is 0 Å². The first-order chi connectivity index (χ1) is 15.0. The molecular weight excluding hydrogens is 398 g/mol. The fourth-order valence-corrected chi connectivity index (χ4v) is 4.42. The number of fused-ring (bicyclic) bond motifs is 6. The second kappa shape index (κ2) is 7.11.